The van der Waals surface area contributed by atoms with Gasteiger partial charge in [-0.3, -0.25) is 33.8 Å². The molecule has 414 valence electrons. The highest BCUT2D eigenvalue weighted by Crippen LogP contribution is 2.29. The Kier molecular flexibility index (Phi) is 19.0. The maximum atomic E-state index is 15.3. The van der Waals surface area contributed by atoms with E-state index in [0.29, 0.717) is 64.2 Å². The number of rotatable bonds is 15. The van der Waals surface area contributed by atoms with Gasteiger partial charge in [0.25, 0.3) is 0 Å². The van der Waals surface area contributed by atoms with Crippen LogP contribution in [0.1, 0.15) is 54.4 Å². The maximum Gasteiger partial charge on any atom is 0.407 e. The van der Waals surface area contributed by atoms with E-state index in [1.807, 2.05) is 109 Å². The van der Waals surface area contributed by atoms with Gasteiger partial charge in [0.1, 0.15) is 48.9 Å². The van der Waals surface area contributed by atoms with Crippen LogP contribution in [-0.2, 0) is 54.6 Å². The summed E-state index contributed by atoms with van der Waals surface area (Å²) in [6.07, 6.45) is 0.786. The summed E-state index contributed by atoms with van der Waals surface area (Å²) >= 11 is 0. The lowest BCUT2D eigenvalue weighted by Crippen LogP contribution is -2.65. The summed E-state index contributed by atoms with van der Waals surface area (Å²) in [4.78, 5) is 97.0. The van der Waals surface area contributed by atoms with E-state index in [-0.39, 0.29) is 58.4 Å². The van der Waals surface area contributed by atoms with Gasteiger partial charge < -0.3 is 62.1 Å². The number of hydrogen-bond acceptors (Lipinski definition) is 13. The zero-order chi connectivity index (χ0) is 54.4. The number of aliphatic hydroxyl groups excluding tert-OH is 1. The summed E-state index contributed by atoms with van der Waals surface area (Å²) in [5.41, 5.74) is 9.87. The molecule has 0 bridgehead atoms. The highest BCUT2D eigenvalue weighted by atomic mass is 16.6. The third kappa shape index (κ3) is 14.4. The van der Waals surface area contributed by atoms with Crippen molar-refractivity contribution in [3.05, 3.63) is 138 Å². The number of carbonyl (C=O) groups is 6. The molecule has 9 rings (SSSR count). The normalized spacial score (nSPS) is 25.1. The number of para-hydroxylation sites is 1. The fraction of sp³-hybridized carbons (Fsp3) is 0.448. The standard InChI is InChI=1S/C58H73N11O9/c59-24-25-61-58(76)78-43-33-51-55(73)63-46(23-20-38-11-3-1-4-12-38)52(70)64-47(32-41-34-62-45-16-8-7-15-44(41)45)53(71)66-49(36-67-29-26-60-27-30-67)54(72)65-48(56(74)68-28-10-9-17-50(68)57(75)69(51)35-43)31-39-18-21-42(22-19-39)77-37-40-13-5-2-6-14-40/h1-8,11-16,18-19,21-22,34,43,46-51,56,60,62,74H,9-10,17,20,23-33,35-37,59H2,(H,61,76)(H,63,73)(H,64,70)(H,65,72)(H,66,71)/t43?,46-,47+,48-,49-,50-,51-,56?/m0/s1. The molecule has 8 atom stereocenters. The number of aromatic nitrogens is 1. The maximum absolute atomic E-state index is 15.3. The van der Waals surface area contributed by atoms with Gasteiger partial charge >= 0.3 is 6.09 Å². The third-order valence-electron chi connectivity index (χ3n) is 15.2. The second kappa shape index (κ2) is 26.8. The monoisotopic (exact) mass is 1070 g/mol. The van der Waals surface area contributed by atoms with E-state index in [2.05, 4.69) is 41.8 Å². The van der Waals surface area contributed by atoms with Crippen LogP contribution >= 0.6 is 0 Å². The molecule has 4 fully saturated rings. The first kappa shape index (κ1) is 55.4. The number of aromatic amines is 1. The van der Waals surface area contributed by atoms with Crippen molar-refractivity contribution in [1.82, 2.24) is 51.6 Å². The van der Waals surface area contributed by atoms with E-state index in [9.17, 15) is 19.5 Å². The Labute approximate surface area is 454 Å². The summed E-state index contributed by atoms with van der Waals surface area (Å²) in [5.74, 6) is -2.33. The van der Waals surface area contributed by atoms with E-state index in [0.717, 1.165) is 33.2 Å². The van der Waals surface area contributed by atoms with Gasteiger partial charge in [0.2, 0.25) is 29.5 Å². The molecule has 78 heavy (non-hydrogen) atoms. The molecule has 20 heteroatoms. The minimum atomic E-state index is -1.44. The minimum absolute atomic E-state index is 0.0157. The second-order valence-corrected chi connectivity index (χ2v) is 20.7. The lowest BCUT2D eigenvalue weighted by atomic mass is 9.96. The zero-order valence-corrected chi connectivity index (χ0v) is 43.9. The number of alkyl carbamates (subject to hydrolysis) is 1. The Hall–Kier alpha value is -7.36. The average molecular weight is 1070 g/mol. The van der Waals surface area contributed by atoms with Gasteiger partial charge in [0.05, 0.1) is 18.6 Å². The number of piperazine rings is 1. The molecular weight excluding hydrogens is 995 g/mol. The van der Waals surface area contributed by atoms with Crippen molar-refractivity contribution in [1.29, 1.82) is 0 Å². The van der Waals surface area contributed by atoms with Gasteiger partial charge in [-0.05, 0) is 72.6 Å². The van der Waals surface area contributed by atoms with Crippen LogP contribution in [0.15, 0.2) is 115 Å². The van der Waals surface area contributed by atoms with Gasteiger partial charge in [0.15, 0.2) is 0 Å². The van der Waals surface area contributed by atoms with Crippen molar-refractivity contribution in [2.75, 3.05) is 58.9 Å². The van der Waals surface area contributed by atoms with Crippen LogP contribution in [-0.4, -0.2) is 168 Å². The predicted octanol–water partition coefficient (Wildman–Crippen LogP) is 1.85. The number of carbonyl (C=O) groups excluding carboxylic acids is 6. The molecule has 6 amide bonds. The van der Waals surface area contributed by atoms with Gasteiger partial charge in [-0.1, -0.05) is 97.4 Å². The predicted molar refractivity (Wildman–Crippen MR) is 293 cm³/mol. The first-order valence-electron chi connectivity index (χ1n) is 27.4. The smallest absolute Gasteiger partial charge is 0.407 e. The number of ether oxygens (including phenoxy) is 2. The summed E-state index contributed by atoms with van der Waals surface area (Å²) in [6, 6.07) is 27.4. The van der Waals surface area contributed by atoms with Crippen LogP contribution in [0.3, 0.4) is 0 Å². The molecule has 5 aromatic rings. The Balaban J connectivity index is 1.09. The van der Waals surface area contributed by atoms with E-state index >= 15 is 14.4 Å². The Morgan fingerprint density at radius 2 is 1.38 bits per heavy atom. The number of H-pyrrole nitrogens is 1. The number of fused-ring (bicyclic) bond motifs is 3. The highest BCUT2D eigenvalue weighted by molar-refractivity contribution is 5.97. The molecule has 4 aromatic carbocycles. The quantitative estimate of drug-likeness (QED) is 0.0726. The molecule has 1 aromatic heterocycles. The second-order valence-electron chi connectivity index (χ2n) is 20.7. The van der Waals surface area contributed by atoms with Gasteiger partial charge in [-0.15, -0.1) is 0 Å². The van der Waals surface area contributed by atoms with Crippen molar-refractivity contribution in [2.24, 2.45) is 5.73 Å². The number of amides is 6. The number of aliphatic hydroxyl groups is 1. The van der Waals surface area contributed by atoms with Crippen LogP contribution in [0.25, 0.3) is 10.9 Å². The van der Waals surface area contributed by atoms with E-state index < -0.39 is 84.2 Å². The van der Waals surface area contributed by atoms with Crippen molar-refractivity contribution in [3.8, 4) is 5.75 Å². The first-order chi connectivity index (χ1) is 38.0. The number of hydrogen-bond donors (Lipinski definition) is 9. The minimum Gasteiger partial charge on any atom is -0.489 e. The zero-order valence-electron chi connectivity index (χ0n) is 43.9. The molecule has 20 nitrogen and oxygen atoms in total. The van der Waals surface area contributed by atoms with Gasteiger partial charge in [0, 0.05) is 82.3 Å². The summed E-state index contributed by atoms with van der Waals surface area (Å²) in [5, 5.41) is 31.7. The molecular formula is C58H73N11O9. The molecule has 0 spiro atoms. The van der Waals surface area contributed by atoms with Crippen molar-refractivity contribution in [3.63, 3.8) is 0 Å². The Morgan fingerprint density at radius 3 is 2.14 bits per heavy atom. The lowest BCUT2D eigenvalue weighted by molar-refractivity contribution is -0.151. The first-order valence-corrected chi connectivity index (χ1v) is 27.4. The number of nitrogens with zero attached hydrogens (tertiary/aromatic N) is 3. The van der Waals surface area contributed by atoms with Crippen molar-refractivity contribution >= 4 is 46.5 Å². The van der Waals surface area contributed by atoms with E-state index in [1.54, 1.807) is 11.1 Å². The lowest BCUT2D eigenvalue weighted by Gasteiger charge is -2.43. The topological polar surface area (TPSA) is 265 Å². The van der Waals surface area contributed by atoms with Crippen molar-refractivity contribution < 1.29 is 43.3 Å². The van der Waals surface area contributed by atoms with Gasteiger partial charge in [-0.25, -0.2) is 4.79 Å². The molecule has 4 aliphatic heterocycles. The molecule has 0 radical (unpaired) electrons. The molecule has 0 saturated carbocycles. The van der Waals surface area contributed by atoms with Crippen LogP contribution in [0, 0.1) is 0 Å². The largest absolute Gasteiger partial charge is 0.489 e. The highest BCUT2D eigenvalue weighted by Gasteiger charge is 2.47. The van der Waals surface area contributed by atoms with Crippen LogP contribution < -0.4 is 42.4 Å². The number of nitrogens with one attached hydrogen (secondary N) is 7. The number of nitrogens with two attached hydrogens (primary N) is 1. The Bertz CT molecular complexity index is 2810. The van der Waals surface area contributed by atoms with Gasteiger partial charge in [-0.2, -0.15) is 0 Å². The number of benzene rings is 4. The average Bonchev–Trinajstić information content (AvgIpc) is 4.09. The summed E-state index contributed by atoms with van der Waals surface area (Å²) in [7, 11) is 0. The fourth-order valence-electron chi connectivity index (χ4n) is 11.0. The van der Waals surface area contributed by atoms with Crippen LogP contribution in [0.5, 0.6) is 5.75 Å². The van der Waals surface area contributed by atoms with Crippen molar-refractivity contribution in [2.45, 2.75) is 107 Å². The number of piperidine rings is 1. The molecule has 4 aliphatic rings. The van der Waals surface area contributed by atoms with Crippen LogP contribution in [0.2, 0.25) is 0 Å². The molecule has 5 heterocycles. The van der Waals surface area contributed by atoms with E-state index in [1.165, 1.54) is 4.90 Å². The fourth-order valence-corrected chi connectivity index (χ4v) is 11.0. The SMILES string of the molecule is NCCNC(=O)OC1C[C@H]2C(=O)N[C@@H](CCc3ccccc3)C(=O)N[C@H](Cc3c[nH]c4ccccc34)C(=O)N[C@@H](CN3CCNCC3)C(=O)N[C@@H](Cc3ccc(OCc4ccccc4)cc3)C(O)N3CCCC[C@H]3C(=O)N2C1. The Morgan fingerprint density at radius 1 is 0.705 bits per heavy atom. The molecule has 2 unspecified atom stereocenters. The molecule has 4 saturated heterocycles. The molecule has 10 N–H and O–H groups in total. The van der Waals surface area contributed by atoms with E-state index in [4.69, 9.17) is 15.2 Å². The number of aryl methyl sites for hydroxylation is 1. The summed E-state index contributed by atoms with van der Waals surface area (Å²) in [6.45, 7) is 3.45. The van der Waals surface area contributed by atoms with Crippen LogP contribution in [0.4, 0.5) is 4.79 Å². The summed E-state index contributed by atoms with van der Waals surface area (Å²) < 4.78 is 11.9. The molecule has 0 aliphatic carbocycles. The third-order valence-corrected chi connectivity index (χ3v) is 15.2.